The number of hydrogen-bond acceptors (Lipinski definition) is 5. The number of hydrogen-bond donors (Lipinski definition) is 0. The molecule has 2 heterocycles. The molecule has 0 bridgehead atoms. The molecular weight excluding hydrogens is 262 g/mol. The summed E-state index contributed by atoms with van der Waals surface area (Å²) in [7, 11) is 1.34. The van der Waals surface area contributed by atoms with Gasteiger partial charge in [0.15, 0.2) is 0 Å². The van der Waals surface area contributed by atoms with Crippen LogP contribution in [0.1, 0.15) is 42.6 Å². The van der Waals surface area contributed by atoms with Crippen molar-refractivity contribution in [3.8, 4) is 10.8 Å². The average molecular weight is 279 g/mol. The molecule has 0 aliphatic heterocycles. The van der Waals surface area contributed by atoms with Gasteiger partial charge in [-0.3, -0.25) is 0 Å². The number of nitrogens with zero attached hydrogens (tertiary/aromatic N) is 1. The summed E-state index contributed by atoms with van der Waals surface area (Å²) in [5, 5.41) is 1.98. The number of carbonyl (C=O) groups excluding carboxylic acids is 1. The van der Waals surface area contributed by atoms with Crippen LogP contribution in [0.2, 0.25) is 0 Å². The Balaban J connectivity index is 2.58. The third-order valence-corrected chi connectivity index (χ3v) is 3.77. The normalized spacial score (nSPS) is 11.6. The van der Waals surface area contributed by atoms with Crippen LogP contribution in [-0.4, -0.2) is 18.1 Å². The Labute approximate surface area is 116 Å². The van der Waals surface area contributed by atoms with E-state index in [9.17, 15) is 4.79 Å². The van der Waals surface area contributed by atoms with Crippen molar-refractivity contribution >= 4 is 17.3 Å². The van der Waals surface area contributed by atoms with Crippen LogP contribution in [0.4, 0.5) is 0 Å². The van der Waals surface area contributed by atoms with Crippen LogP contribution in [0, 0.1) is 6.92 Å². The lowest BCUT2D eigenvalue weighted by molar-refractivity contribution is 0.0562. The Hall–Kier alpha value is -1.62. The molecule has 0 atom stereocenters. The molecule has 0 aliphatic rings. The van der Waals surface area contributed by atoms with Crippen molar-refractivity contribution in [1.82, 2.24) is 4.98 Å². The van der Waals surface area contributed by atoms with Crippen LogP contribution in [0.5, 0.6) is 0 Å². The van der Waals surface area contributed by atoms with Crippen LogP contribution in [-0.2, 0) is 10.2 Å². The Morgan fingerprint density at radius 2 is 2.11 bits per heavy atom. The Bertz CT molecular complexity index is 604. The molecule has 19 heavy (non-hydrogen) atoms. The monoisotopic (exact) mass is 279 g/mol. The Morgan fingerprint density at radius 3 is 2.58 bits per heavy atom. The Kier molecular flexibility index (Phi) is 3.49. The van der Waals surface area contributed by atoms with Crippen molar-refractivity contribution in [2.24, 2.45) is 0 Å². The van der Waals surface area contributed by atoms with E-state index < -0.39 is 5.97 Å². The van der Waals surface area contributed by atoms with Gasteiger partial charge in [0.1, 0.15) is 5.69 Å². The predicted octanol–water partition coefficient (Wildman–Crippen LogP) is 3.80. The number of rotatable bonds is 2. The first-order valence-electron chi connectivity index (χ1n) is 5.98. The third kappa shape index (κ3) is 2.56. The molecule has 0 fully saturated rings. The molecule has 0 amide bonds. The third-order valence-electron chi connectivity index (χ3n) is 2.76. The van der Waals surface area contributed by atoms with Gasteiger partial charge in [-0.15, -0.1) is 11.3 Å². The van der Waals surface area contributed by atoms with Crippen molar-refractivity contribution in [1.29, 1.82) is 0 Å². The van der Waals surface area contributed by atoms with Crippen molar-refractivity contribution in [3.05, 3.63) is 28.5 Å². The van der Waals surface area contributed by atoms with E-state index in [-0.39, 0.29) is 11.2 Å². The number of methoxy groups -OCH3 is 1. The SMILES string of the molecule is COC(=O)c1oc(-c2sccc2C)nc1C(C)(C)C. The molecule has 4 nitrogen and oxygen atoms in total. The zero-order valence-corrected chi connectivity index (χ0v) is 12.6. The zero-order valence-electron chi connectivity index (χ0n) is 11.7. The van der Waals surface area contributed by atoms with E-state index in [0.717, 1.165) is 10.4 Å². The van der Waals surface area contributed by atoms with E-state index in [0.29, 0.717) is 11.6 Å². The molecule has 2 aromatic heterocycles. The Morgan fingerprint density at radius 1 is 1.42 bits per heavy atom. The molecule has 0 radical (unpaired) electrons. The summed E-state index contributed by atoms with van der Waals surface area (Å²) in [6.45, 7) is 7.96. The van der Waals surface area contributed by atoms with Gasteiger partial charge in [-0.25, -0.2) is 9.78 Å². The number of aryl methyl sites for hydroxylation is 1. The number of carbonyl (C=O) groups is 1. The lowest BCUT2D eigenvalue weighted by atomic mass is 9.91. The fourth-order valence-corrected chi connectivity index (χ4v) is 2.60. The minimum absolute atomic E-state index is 0.192. The van der Waals surface area contributed by atoms with E-state index >= 15 is 0 Å². The van der Waals surface area contributed by atoms with Gasteiger partial charge in [0, 0.05) is 5.41 Å². The number of thiophene rings is 1. The van der Waals surface area contributed by atoms with Crippen LogP contribution in [0.15, 0.2) is 15.9 Å². The summed E-state index contributed by atoms with van der Waals surface area (Å²) in [6.07, 6.45) is 0. The maximum absolute atomic E-state index is 11.8. The van der Waals surface area contributed by atoms with Gasteiger partial charge < -0.3 is 9.15 Å². The molecule has 0 saturated carbocycles. The molecule has 2 aromatic rings. The molecule has 0 spiro atoms. The van der Waals surface area contributed by atoms with Gasteiger partial charge in [0.25, 0.3) is 0 Å². The summed E-state index contributed by atoms with van der Waals surface area (Å²) < 4.78 is 10.4. The highest BCUT2D eigenvalue weighted by molar-refractivity contribution is 7.13. The van der Waals surface area contributed by atoms with Gasteiger partial charge in [0.2, 0.25) is 11.7 Å². The quantitative estimate of drug-likeness (QED) is 0.785. The van der Waals surface area contributed by atoms with Gasteiger partial charge in [0.05, 0.1) is 12.0 Å². The number of oxazole rings is 1. The fourth-order valence-electron chi connectivity index (χ4n) is 1.75. The van der Waals surface area contributed by atoms with Crippen LogP contribution >= 0.6 is 11.3 Å². The van der Waals surface area contributed by atoms with Gasteiger partial charge in [-0.05, 0) is 23.9 Å². The largest absolute Gasteiger partial charge is 0.463 e. The van der Waals surface area contributed by atoms with Gasteiger partial charge in [-0.2, -0.15) is 0 Å². The van der Waals surface area contributed by atoms with Crippen LogP contribution in [0.3, 0.4) is 0 Å². The second-order valence-corrected chi connectivity index (χ2v) is 6.29. The molecular formula is C14H17NO3S. The lowest BCUT2D eigenvalue weighted by Gasteiger charge is -2.15. The van der Waals surface area contributed by atoms with E-state index in [1.807, 2.05) is 39.1 Å². The number of aromatic nitrogens is 1. The van der Waals surface area contributed by atoms with E-state index in [2.05, 4.69) is 4.98 Å². The summed E-state index contributed by atoms with van der Waals surface area (Å²) >= 11 is 1.55. The lowest BCUT2D eigenvalue weighted by Crippen LogP contribution is -2.17. The van der Waals surface area contributed by atoms with Crippen LogP contribution < -0.4 is 0 Å². The maximum Gasteiger partial charge on any atom is 0.376 e. The minimum Gasteiger partial charge on any atom is -0.463 e. The first-order chi connectivity index (χ1) is 8.84. The van der Waals surface area contributed by atoms with E-state index in [1.165, 1.54) is 7.11 Å². The topological polar surface area (TPSA) is 52.3 Å². The first kappa shape index (κ1) is 13.8. The zero-order chi connectivity index (χ0) is 14.2. The highest BCUT2D eigenvalue weighted by Gasteiger charge is 2.30. The maximum atomic E-state index is 11.8. The number of ether oxygens (including phenoxy) is 1. The second kappa shape index (κ2) is 4.81. The molecule has 0 saturated heterocycles. The number of esters is 1. The summed E-state index contributed by atoms with van der Waals surface area (Å²) in [4.78, 5) is 17.2. The molecule has 0 N–H and O–H groups in total. The van der Waals surface area contributed by atoms with Crippen molar-refractivity contribution < 1.29 is 13.9 Å². The van der Waals surface area contributed by atoms with Crippen molar-refractivity contribution in [2.75, 3.05) is 7.11 Å². The highest BCUT2D eigenvalue weighted by atomic mass is 32.1. The summed E-state index contributed by atoms with van der Waals surface area (Å²) in [6, 6.07) is 2.00. The van der Waals surface area contributed by atoms with Gasteiger partial charge >= 0.3 is 5.97 Å². The molecule has 5 heteroatoms. The van der Waals surface area contributed by atoms with E-state index in [1.54, 1.807) is 11.3 Å². The van der Waals surface area contributed by atoms with Crippen LogP contribution in [0.25, 0.3) is 10.8 Å². The summed E-state index contributed by atoms with van der Waals surface area (Å²) in [5.74, 6) is 0.188. The molecule has 0 unspecified atom stereocenters. The minimum atomic E-state index is -0.488. The highest BCUT2D eigenvalue weighted by Crippen LogP contribution is 2.34. The standard InChI is InChI=1S/C14H17NO3S/c1-8-6-7-19-10(8)12-15-11(14(2,3)4)9(18-12)13(16)17-5/h6-7H,1-5H3. The smallest absolute Gasteiger partial charge is 0.376 e. The molecule has 102 valence electrons. The first-order valence-corrected chi connectivity index (χ1v) is 6.86. The molecule has 0 aliphatic carbocycles. The van der Waals surface area contributed by atoms with E-state index in [4.69, 9.17) is 9.15 Å². The fraction of sp³-hybridized carbons (Fsp3) is 0.429. The van der Waals surface area contributed by atoms with Crippen molar-refractivity contribution in [2.45, 2.75) is 33.1 Å². The average Bonchev–Trinajstić information content (AvgIpc) is 2.92. The summed E-state index contributed by atoms with van der Waals surface area (Å²) in [5.41, 5.74) is 1.43. The van der Waals surface area contributed by atoms with Crippen molar-refractivity contribution in [3.63, 3.8) is 0 Å². The van der Waals surface area contributed by atoms with Gasteiger partial charge in [-0.1, -0.05) is 20.8 Å². The predicted molar refractivity (Wildman–Crippen MR) is 74.6 cm³/mol. The second-order valence-electron chi connectivity index (χ2n) is 5.37. The molecule has 2 rings (SSSR count). The molecule has 0 aromatic carbocycles.